The van der Waals surface area contributed by atoms with E-state index < -0.39 is 29.3 Å². The van der Waals surface area contributed by atoms with Crippen LogP contribution in [-0.4, -0.2) is 86.8 Å². The molecule has 1 atom stereocenters. The summed E-state index contributed by atoms with van der Waals surface area (Å²) in [6.45, 7) is 4.07. The SMILES string of the molecule is CC1CCCCN1C(=O)CN1CCN(C(=O)c2nnn(-c3ccc(F)cc3)c2C(F)(F)F)CC1. The first-order valence-electron chi connectivity index (χ1n) is 11.2. The van der Waals surface area contributed by atoms with Gasteiger partial charge in [-0.25, -0.2) is 9.07 Å². The predicted molar refractivity (Wildman–Crippen MR) is 114 cm³/mol. The zero-order valence-corrected chi connectivity index (χ0v) is 18.8. The third kappa shape index (κ3) is 5.06. The fourth-order valence-corrected chi connectivity index (χ4v) is 4.45. The van der Waals surface area contributed by atoms with Gasteiger partial charge in [-0.2, -0.15) is 13.2 Å². The van der Waals surface area contributed by atoms with E-state index in [2.05, 4.69) is 10.3 Å². The lowest BCUT2D eigenvalue weighted by atomic mass is 10.0. The van der Waals surface area contributed by atoms with Crippen molar-refractivity contribution in [2.24, 2.45) is 0 Å². The topological polar surface area (TPSA) is 74.6 Å². The number of amides is 2. The molecule has 2 aromatic rings. The molecular formula is C22H26F4N6O2. The van der Waals surface area contributed by atoms with Gasteiger partial charge in [0.1, 0.15) is 5.82 Å². The smallest absolute Gasteiger partial charge is 0.339 e. The molecular weight excluding hydrogens is 456 g/mol. The first-order chi connectivity index (χ1) is 16.1. The molecule has 12 heteroatoms. The second kappa shape index (κ2) is 9.69. The van der Waals surface area contributed by atoms with Crippen molar-refractivity contribution in [3.8, 4) is 5.69 Å². The number of aromatic nitrogens is 3. The molecule has 0 aliphatic carbocycles. The highest BCUT2D eigenvalue weighted by atomic mass is 19.4. The highest BCUT2D eigenvalue weighted by Gasteiger charge is 2.43. The van der Waals surface area contributed by atoms with Crippen LogP contribution in [0.2, 0.25) is 0 Å². The molecule has 2 amide bonds. The Morgan fingerprint density at radius 3 is 2.32 bits per heavy atom. The van der Waals surface area contributed by atoms with Crippen molar-refractivity contribution in [2.75, 3.05) is 39.3 Å². The number of alkyl halides is 3. The maximum absolute atomic E-state index is 13.9. The molecule has 1 aromatic carbocycles. The molecule has 1 aromatic heterocycles. The Balaban J connectivity index is 1.44. The number of piperazine rings is 1. The number of carbonyl (C=O) groups is 2. The number of carbonyl (C=O) groups excluding carboxylic acids is 2. The molecule has 0 spiro atoms. The van der Waals surface area contributed by atoms with E-state index in [1.165, 1.54) is 4.90 Å². The summed E-state index contributed by atoms with van der Waals surface area (Å²) in [4.78, 5) is 30.7. The van der Waals surface area contributed by atoms with Crippen LogP contribution in [-0.2, 0) is 11.0 Å². The zero-order valence-electron chi connectivity index (χ0n) is 18.8. The van der Waals surface area contributed by atoms with E-state index in [-0.39, 0.29) is 37.3 Å². The van der Waals surface area contributed by atoms with Crippen LogP contribution >= 0.6 is 0 Å². The molecule has 34 heavy (non-hydrogen) atoms. The summed E-state index contributed by atoms with van der Waals surface area (Å²) in [5.41, 5.74) is -2.17. The highest BCUT2D eigenvalue weighted by molar-refractivity contribution is 5.93. The van der Waals surface area contributed by atoms with Gasteiger partial charge in [-0.3, -0.25) is 14.5 Å². The van der Waals surface area contributed by atoms with Gasteiger partial charge in [0, 0.05) is 38.8 Å². The molecule has 2 saturated heterocycles. The number of piperidine rings is 1. The minimum absolute atomic E-state index is 0.0357. The molecule has 184 valence electrons. The van der Waals surface area contributed by atoms with Gasteiger partial charge in [0.2, 0.25) is 5.91 Å². The largest absolute Gasteiger partial charge is 0.435 e. The van der Waals surface area contributed by atoms with Crippen molar-refractivity contribution < 1.29 is 27.2 Å². The average molecular weight is 482 g/mol. The minimum Gasteiger partial charge on any atom is -0.339 e. The predicted octanol–water partition coefficient (Wildman–Crippen LogP) is 2.58. The zero-order chi connectivity index (χ0) is 24.5. The number of rotatable bonds is 4. The lowest BCUT2D eigenvalue weighted by Crippen LogP contribution is -2.53. The normalized spacial score (nSPS) is 20.0. The van der Waals surface area contributed by atoms with Crippen molar-refractivity contribution in [3.63, 3.8) is 0 Å². The van der Waals surface area contributed by atoms with Crippen LogP contribution in [0.5, 0.6) is 0 Å². The van der Waals surface area contributed by atoms with E-state index in [0.29, 0.717) is 17.8 Å². The fraction of sp³-hybridized carbons (Fsp3) is 0.545. The van der Waals surface area contributed by atoms with Crippen LogP contribution in [0.15, 0.2) is 24.3 Å². The monoisotopic (exact) mass is 482 g/mol. The van der Waals surface area contributed by atoms with Gasteiger partial charge in [0.15, 0.2) is 11.4 Å². The Hall–Kier alpha value is -3.02. The second-order valence-electron chi connectivity index (χ2n) is 8.67. The van der Waals surface area contributed by atoms with Crippen LogP contribution in [0.3, 0.4) is 0 Å². The summed E-state index contributed by atoms with van der Waals surface area (Å²) < 4.78 is 55.3. The lowest BCUT2D eigenvalue weighted by Gasteiger charge is -2.38. The van der Waals surface area contributed by atoms with Gasteiger partial charge in [-0.15, -0.1) is 5.10 Å². The molecule has 3 heterocycles. The quantitative estimate of drug-likeness (QED) is 0.627. The standard InChI is InChI=1S/C22H26F4N6O2/c1-15-4-2-3-9-31(15)18(33)14-29-10-12-30(13-11-29)21(34)19-20(22(24,25)26)32(28-27-19)17-7-5-16(23)6-8-17/h5-8,15H,2-4,9-14H2,1H3. The van der Waals surface area contributed by atoms with E-state index in [1.54, 1.807) is 0 Å². The van der Waals surface area contributed by atoms with Gasteiger partial charge < -0.3 is 9.80 Å². The molecule has 0 bridgehead atoms. The number of nitrogens with zero attached hydrogens (tertiary/aromatic N) is 6. The van der Waals surface area contributed by atoms with E-state index in [4.69, 9.17) is 0 Å². The Labute approximate surface area is 194 Å². The van der Waals surface area contributed by atoms with Gasteiger partial charge in [0.25, 0.3) is 5.91 Å². The summed E-state index contributed by atoms with van der Waals surface area (Å²) in [6, 6.07) is 4.47. The summed E-state index contributed by atoms with van der Waals surface area (Å²) in [5, 5.41) is 7.05. The Bertz CT molecular complexity index is 1030. The first-order valence-corrected chi connectivity index (χ1v) is 11.2. The summed E-state index contributed by atoms with van der Waals surface area (Å²) in [7, 11) is 0. The van der Waals surface area contributed by atoms with Crippen LogP contribution in [0.1, 0.15) is 42.4 Å². The van der Waals surface area contributed by atoms with Crippen molar-refractivity contribution >= 4 is 11.8 Å². The third-order valence-corrected chi connectivity index (χ3v) is 6.35. The van der Waals surface area contributed by atoms with Gasteiger partial charge in [0.05, 0.1) is 12.2 Å². The number of benzene rings is 1. The van der Waals surface area contributed by atoms with Crippen molar-refractivity contribution in [1.29, 1.82) is 0 Å². The lowest BCUT2D eigenvalue weighted by molar-refractivity contribution is -0.143. The minimum atomic E-state index is -4.90. The van der Waals surface area contributed by atoms with E-state index in [9.17, 15) is 27.2 Å². The molecule has 8 nitrogen and oxygen atoms in total. The van der Waals surface area contributed by atoms with Crippen LogP contribution in [0.25, 0.3) is 5.69 Å². The average Bonchev–Trinajstić information content (AvgIpc) is 3.26. The summed E-state index contributed by atoms with van der Waals surface area (Å²) in [5.74, 6) is -1.45. The molecule has 4 rings (SSSR count). The van der Waals surface area contributed by atoms with Crippen molar-refractivity contribution in [3.05, 3.63) is 41.5 Å². The van der Waals surface area contributed by atoms with Crippen LogP contribution < -0.4 is 0 Å². The van der Waals surface area contributed by atoms with Gasteiger partial charge in [-0.05, 0) is 50.5 Å². The molecule has 1 unspecified atom stereocenters. The third-order valence-electron chi connectivity index (χ3n) is 6.35. The van der Waals surface area contributed by atoms with Crippen molar-refractivity contribution in [2.45, 2.75) is 38.4 Å². The first kappa shape index (κ1) is 24.1. The highest BCUT2D eigenvalue weighted by Crippen LogP contribution is 2.33. The molecule has 2 fully saturated rings. The van der Waals surface area contributed by atoms with E-state index in [1.807, 2.05) is 16.7 Å². The number of hydrogen-bond donors (Lipinski definition) is 0. The number of halogens is 4. The Morgan fingerprint density at radius 2 is 1.71 bits per heavy atom. The number of hydrogen-bond acceptors (Lipinski definition) is 5. The molecule has 2 aliphatic rings. The number of likely N-dealkylation sites (tertiary alicyclic amines) is 1. The molecule has 0 radical (unpaired) electrons. The second-order valence-corrected chi connectivity index (χ2v) is 8.67. The Kier molecular flexibility index (Phi) is 6.87. The van der Waals surface area contributed by atoms with E-state index >= 15 is 0 Å². The van der Waals surface area contributed by atoms with Crippen molar-refractivity contribution in [1.82, 2.24) is 29.7 Å². The van der Waals surface area contributed by atoms with E-state index in [0.717, 1.165) is 50.1 Å². The molecule has 2 aliphatic heterocycles. The fourth-order valence-electron chi connectivity index (χ4n) is 4.45. The maximum Gasteiger partial charge on any atom is 0.435 e. The van der Waals surface area contributed by atoms with Gasteiger partial charge in [-0.1, -0.05) is 5.21 Å². The van der Waals surface area contributed by atoms with Crippen LogP contribution in [0.4, 0.5) is 17.6 Å². The summed E-state index contributed by atoms with van der Waals surface area (Å²) in [6.07, 6.45) is -1.83. The molecule has 0 N–H and O–H groups in total. The summed E-state index contributed by atoms with van der Waals surface area (Å²) >= 11 is 0. The van der Waals surface area contributed by atoms with Gasteiger partial charge >= 0.3 is 6.18 Å². The molecule has 0 saturated carbocycles. The van der Waals surface area contributed by atoms with Crippen LogP contribution in [0, 0.1) is 5.82 Å². The Morgan fingerprint density at radius 1 is 1.03 bits per heavy atom. The maximum atomic E-state index is 13.9.